The van der Waals surface area contributed by atoms with Crippen molar-refractivity contribution in [3.8, 4) is 0 Å². The van der Waals surface area contributed by atoms with Gasteiger partial charge < -0.3 is 4.90 Å². The summed E-state index contributed by atoms with van der Waals surface area (Å²) in [6.07, 6.45) is -1.90. The fraction of sp³-hybridized carbons (Fsp3) is 0.583. The van der Waals surface area contributed by atoms with Crippen molar-refractivity contribution in [2.45, 2.75) is 25.6 Å². The molecule has 0 saturated carbocycles. The van der Waals surface area contributed by atoms with Crippen LogP contribution in [0.25, 0.3) is 0 Å². The molecule has 0 spiro atoms. The van der Waals surface area contributed by atoms with E-state index in [1.165, 1.54) is 10.9 Å². The number of nitrogens with zero attached hydrogens (tertiary/aromatic N) is 5. The van der Waals surface area contributed by atoms with Gasteiger partial charge in [0.15, 0.2) is 11.5 Å². The highest BCUT2D eigenvalue weighted by atomic mass is 19.4. The van der Waals surface area contributed by atoms with Crippen LogP contribution in [0.15, 0.2) is 15.5 Å². The van der Waals surface area contributed by atoms with Crippen molar-refractivity contribution in [3.05, 3.63) is 28.3 Å². The molecule has 12 heteroatoms. The molecular weight excluding hydrogens is 333 g/mol. The lowest BCUT2D eigenvalue weighted by Crippen LogP contribution is -2.55. The lowest BCUT2D eigenvalue weighted by atomic mass is 9.99. The minimum atomic E-state index is -4.28. The zero-order valence-electron chi connectivity index (χ0n) is 12.3. The number of carbonyl (C=O) groups is 1. The second-order valence-electron chi connectivity index (χ2n) is 5.46. The normalized spacial score (nSPS) is 15.5. The molecule has 9 nitrogen and oxygen atoms in total. The van der Waals surface area contributed by atoms with Crippen LogP contribution in [0.5, 0.6) is 0 Å². The number of aromatic nitrogens is 5. The first kappa shape index (κ1) is 16.2. The van der Waals surface area contributed by atoms with Crippen LogP contribution in [0.3, 0.4) is 0 Å². The minimum absolute atomic E-state index is 0.00506. The number of likely N-dealkylation sites (tertiary alicyclic amines) is 1. The average Bonchev–Trinajstić information content (AvgIpc) is 3.05. The summed E-state index contributed by atoms with van der Waals surface area (Å²) in [6, 6.07) is 0. The van der Waals surface area contributed by atoms with Crippen molar-refractivity contribution in [3.63, 3.8) is 0 Å². The molecular formula is C12H13F3N6O3. The molecule has 0 unspecified atom stereocenters. The van der Waals surface area contributed by atoms with Crippen LogP contribution in [-0.4, -0.2) is 55.2 Å². The van der Waals surface area contributed by atoms with E-state index >= 15 is 0 Å². The largest absolute Gasteiger partial charge is 0.438 e. The number of rotatable bonds is 5. The summed E-state index contributed by atoms with van der Waals surface area (Å²) in [5.74, 6) is -2.27. The molecule has 1 N–H and O–H groups in total. The third-order valence-electron chi connectivity index (χ3n) is 3.68. The van der Waals surface area contributed by atoms with Crippen molar-refractivity contribution in [1.29, 1.82) is 0 Å². The summed E-state index contributed by atoms with van der Waals surface area (Å²) in [4.78, 5) is 26.2. The van der Waals surface area contributed by atoms with E-state index in [0.29, 0.717) is 25.2 Å². The summed E-state index contributed by atoms with van der Waals surface area (Å²) in [5.41, 5.74) is 0.00506. The van der Waals surface area contributed by atoms with Crippen molar-refractivity contribution in [2.24, 2.45) is 5.92 Å². The third kappa shape index (κ3) is 3.46. The van der Waals surface area contributed by atoms with Gasteiger partial charge in [0, 0.05) is 26.1 Å². The van der Waals surface area contributed by atoms with Crippen LogP contribution in [0.1, 0.15) is 22.7 Å². The van der Waals surface area contributed by atoms with Gasteiger partial charge in [0.1, 0.15) is 0 Å². The number of halogens is 3. The van der Waals surface area contributed by atoms with Gasteiger partial charge in [-0.25, -0.2) is 4.79 Å². The lowest BCUT2D eigenvalue weighted by Gasteiger charge is -2.39. The fourth-order valence-corrected chi connectivity index (χ4v) is 2.30. The molecule has 1 amide bonds. The second-order valence-corrected chi connectivity index (χ2v) is 5.46. The molecule has 2 aromatic rings. The van der Waals surface area contributed by atoms with Crippen LogP contribution >= 0.6 is 0 Å². The monoisotopic (exact) mass is 346 g/mol. The Labute approximate surface area is 132 Å². The zero-order chi connectivity index (χ0) is 17.3. The Hall–Kier alpha value is -2.66. The summed E-state index contributed by atoms with van der Waals surface area (Å²) < 4.78 is 43.0. The number of nitrogens with one attached hydrogen (secondary N) is 1. The van der Waals surface area contributed by atoms with Gasteiger partial charge in [-0.1, -0.05) is 10.4 Å². The summed E-state index contributed by atoms with van der Waals surface area (Å²) in [5, 5.41) is 11.0. The number of amides is 1. The van der Waals surface area contributed by atoms with E-state index in [1.807, 2.05) is 0 Å². The quantitative estimate of drug-likeness (QED) is 0.829. The van der Waals surface area contributed by atoms with Crippen LogP contribution < -0.4 is 5.76 Å². The van der Waals surface area contributed by atoms with Crippen molar-refractivity contribution in [2.75, 3.05) is 13.1 Å². The van der Waals surface area contributed by atoms with Gasteiger partial charge in [0.05, 0.1) is 12.1 Å². The molecule has 0 radical (unpaired) electrons. The number of carbonyl (C=O) groups excluding carboxylic acids is 1. The lowest BCUT2D eigenvalue weighted by molar-refractivity contribution is -0.202. The Morgan fingerprint density at radius 3 is 2.79 bits per heavy atom. The average molecular weight is 346 g/mol. The van der Waals surface area contributed by atoms with E-state index in [4.69, 9.17) is 0 Å². The molecule has 0 aliphatic carbocycles. The Bertz CT molecular complexity index is 773. The van der Waals surface area contributed by atoms with Crippen molar-refractivity contribution >= 4 is 5.91 Å². The third-order valence-corrected chi connectivity index (χ3v) is 3.68. The van der Waals surface area contributed by atoms with E-state index < -0.39 is 23.8 Å². The highest BCUT2D eigenvalue weighted by Gasteiger charge is 2.48. The van der Waals surface area contributed by atoms with Gasteiger partial charge >= 0.3 is 11.9 Å². The molecule has 130 valence electrons. The molecule has 3 rings (SSSR count). The molecule has 0 bridgehead atoms. The summed E-state index contributed by atoms with van der Waals surface area (Å²) >= 11 is 0. The maximum absolute atomic E-state index is 12.4. The van der Waals surface area contributed by atoms with Crippen LogP contribution in [0, 0.1) is 5.92 Å². The van der Waals surface area contributed by atoms with E-state index in [9.17, 15) is 22.8 Å². The van der Waals surface area contributed by atoms with E-state index in [2.05, 4.69) is 25.0 Å². The van der Waals surface area contributed by atoms with Crippen molar-refractivity contribution < 1.29 is 22.5 Å². The first-order valence-electron chi connectivity index (χ1n) is 7.14. The molecule has 0 atom stereocenters. The van der Waals surface area contributed by atoms with Gasteiger partial charge in [-0.15, -0.1) is 5.10 Å². The summed E-state index contributed by atoms with van der Waals surface area (Å²) in [6.45, 7) is -0.302. The predicted octanol–water partition coefficient (Wildman–Crippen LogP) is 0.221. The van der Waals surface area contributed by atoms with Gasteiger partial charge in [-0.3, -0.25) is 19.0 Å². The van der Waals surface area contributed by atoms with Gasteiger partial charge in [-0.05, 0) is 6.42 Å². The van der Waals surface area contributed by atoms with Gasteiger partial charge in [0.2, 0.25) is 0 Å². The molecule has 1 fully saturated rings. The Morgan fingerprint density at radius 1 is 1.42 bits per heavy atom. The second kappa shape index (κ2) is 6.09. The molecule has 1 saturated heterocycles. The molecule has 0 aromatic carbocycles. The number of aromatic amines is 1. The van der Waals surface area contributed by atoms with E-state index in [0.717, 1.165) is 4.90 Å². The zero-order valence-corrected chi connectivity index (χ0v) is 12.3. The van der Waals surface area contributed by atoms with Gasteiger partial charge in [0.25, 0.3) is 5.91 Å². The molecule has 24 heavy (non-hydrogen) atoms. The number of hydrogen-bond donors (Lipinski definition) is 1. The van der Waals surface area contributed by atoms with Crippen LogP contribution in [0.4, 0.5) is 13.2 Å². The van der Waals surface area contributed by atoms with E-state index in [1.54, 1.807) is 0 Å². The number of hydrogen-bond acceptors (Lipinski definition) is 6. The summed E-state index contributed by atoms with van der Waals surface area (Å²) in [7, 11) is 0. The molecule has 1 aliphatic heterocycles. The highest BCUT2D eigenvalue weighted by Crippen LogP contribution is 2.33. The fourth-order valence-electron chi connectivity index (χ4n) is 2.30. The first-order valence-corrected chi connectivity index (χ1v) is 7.14. The topological polar surface area (TPSA) is 110 Å². The van der Waals surface area contributed by atoms with Crippen LogP contribution in [-0.2, 0) is 13.0 Å². The van der Waals surface area contributed by atoms with Crippen LogP contribution in [0.2, 0.25) is 0 Å². The molecule has 2 aromatic heterocycles. The van der Waals surface area contributed by atoms with Gasteiger partial charge in [-0.2, -0.15) is 13.2 Å². The standard InChI is InChI=1S/C12H13F3N6O3/c13-12(14,15)7-4-20(5-7)10(22)8-6-21(19-17-8)3-1-2-9-16-11(23)24-18-9/h6-7H,1-5H2,(H,16,18,23). The Morgan fingerprint density at radius 2 is 2.17 bits per heavy atom. The maximum atomic E-state index is 12.4. The molecule has 3 heterocycles. The smallest absolute Gasteiger partial charge is 0.336 e. The maximum Gasteiger partial charge on any atom is 0.438 e. The SMILES string of the molecule is O=C(c1cn(CCCc2noc(=O)[nH]2)nn1)N1CC(C(F)(F)F)C1. The highest BCUT2D eigenvalue weighted by molar-refractivity contribution is 5.92. The van der Waals surface area contributed by atoms with Crippen molar-refractivity contribution in [1.82, 2.24) is 30.0 Å². The minimum Gasteiger partial charge on any atom is -0.336 e. The predicted molar refractivity (Wildman–Crippen MR) is 70.9 cm³/mol. The number of H-pyrrole nitrogens is 1. The Kier molecular flexibility index (Phi) is 4.11. The Balaban J connectivity index is 1.48. The number of alkyl halides is 3. The molecule has 1 aliphatic rings. The first-order chi connectivity index (χ1) is 11.3. The van der Waals surface area contributed by atoms with E-state index in [-0.39, 0.29) is 18.8 Å². The number of aryl methyl sites for hydroxylation is 2.